The second kappa shape index (κ2) is 8.10. The van der Waals surface area contributed by atoms with Crippen molar-refractivity contribution < 1.29 is 19.1 Å². The number of primary amides is 1. The van der Waals surface area contributed by atoms with Gasteiger partial charge in [-0.1, -0.05) is 29.8 Å². The van der Waals surface area contributed by atoms with Gasteiger partial charge in [0, 0.05) is 17.0 Å². The lowest BCUT2D eigenvalue weighted by atomic mass is 10.1. The van der Waals surface area contributed by atoms with Crippen LogP contribution in [-0.2, 0) is 0 Å². The molecule has 2 aromatic carbocycles. The summed E-state index contributed by atoms with van der Waals surface area (Å²) in [7, 11) is 2.91. The molecule has 0 atom stereocenters. The SMILES string of the molecule is COc1cc(NC(=O)c2csc(-c3ccc(C)cc3)n2)c(C(N)=O)cc1OC. The van der Waals surface area contributed by atoms with Gasteiger partial charge in [0.05, 0.1) is 25.5 Å². The third-order valence-corrected chi connectivity index (χ3v) is 4.96. The lowest BCUT2D eigenvalue weighted by Crippen LogP contribution is -2.19. The number of carbonyl (C=O) groups excluding carboxylic acids is 2. The van der Waals surface area contributed by atoms with E-state index in [4.69, 9.17) is 15.2 Å². The first-order chi connectivity index (χ1) is 13.4. The Morgan fingerprint density at radius 1 is 1.07 bits per heavy atom. The van der Waals surface area contributed by atoms with E-state index in [1.807, 2.05) is 31.2 Å². The number of aryl methyl sites for hydroxylation is 1. The molecule has 0 spiro atoms. The molecule has 2 amide bonds. The van der Waals surface area contributed by atoms with Gasteiger partial charge in [0.25, 0.3) is 11.8 Å². The first-order valence-electron chi connectivity index (χ1n) is 8.32. The largest absolute Gasteiger partial charge is 0.493 e. The topological polar surface area (TPSA) is 104 Å². The normalized spacial score (nSPS) is 10.4. The van der Waals surface area contributed by atoms with Crippen molar-refractivity contribution in [2.75, 3.05) is 19.5 Å². The first kappa shape index (κ1) is 19.4. The molecule has 7 nitrogen and oxygen atoms in total. The molecule has 1 aromatic heterocycles. The van der Waals surface area contributed by atoms with Gasteiger partial charge in [-0.25, -0.2) is 4.98 Å². The Morgan fingerprint density at radius 3 is 2.32 bits per heavy atom. The minimum atomic E-state index is -0.699. The fraction of sp³-hybridized carbons (Fsp3) is 0.150. The molecule has 0 fully saturated rings. The summed E-state index contributed by atoms with van der Waals surface area (Å²) >= 11 is 1.36. The van der Waals surface area contributed by atoms with E-state index in [-0.39, 0.29) is 16.9 Å². The lowest BCUT2D eigenvalue weighted by molar-refractivity contribution is 0.100. The number of carbonyl (C=O) groups is 2. The first-order valence-corrected chi connectivity index (χ1v) is 9.20. The van der Waals surface area contributed by atoms with E-state index >= 15 is 0 Å². The average Bonchev–Trinajstić information content (AvgIpc) is 3.18. The second-order valence-electron chi connectivity index (χ2n) is 5.98. The average molecular weight is 397 g/mol. The number of ether oxygens (including phenoxy) is 2. The van der Waals surface area contributed by atoms with Gasteiger partial charge in [-0.3, -0.25) is 9.59 Å². The van der Waals surface area contributed by atoms with Gasteiger partial charge in [0.1, 0.15) is 10.7 Å². The number of nitrogens with zero attached hydrogens (tertiary/aromatic N) is 1. The molecule has 28 heavy (non-hydrogen) atoms. The van der Waals surface area contributed by atoms with Gasteiger partial charge in [0.15, 0.2) is 11.5 Å². The molecule has 8 heteroatoms. The molecule has 0 saturated carbocycles. The molecule has 0 aliphatic rings. The molecule has 0 unspecified atom stereocenters. The van der Waals surface area contributed by atoms with Crippen LogP contribution in [0.2, 0.25) is 0 Å². The predicted octanol–water partition coefficient (Wildman–Crippen LogP) is 3.49. The Kier molecular flexibility index (Phi) is 5.60. The zero-order valence-electron chi connectivity index (χ0n) is 15.6. The summed E-state index contributed by atoms with van der Waals surface area (Å²) in [5, 5.41) is 5.07. The van der Waals surface area contributed by atoms with E-state index in [1.54, 1.807) is 5.38 Å². The number of methoxy groups -OCH3 is 2. The highest BCUT2D eigenvalue weighted by atomic mass is 32.1. The number of hydrogen-bond donors (Lipinski definition) is 2. The molecule has 3 N–H and O–H groups in total. The van der Waals surface area contributed by atoms with Gasteiger partial charge >= 0.3 is 0 Å². The monoisotopic (exact) mass is 397 g/mol. The van der Waals surface area contributed by atoms with Gasteiger partial charge in [-0.05, 0) is 13.0 Å². The summed E-state index contributed by atoms with van der Waals surface area (Å²) in [6.07, 6.45) is 0. The Labute approximate surface area is 166 Å². The highest BCUT2D eigenvalue weighted by molar-refractivity contribution is 7.13. The van der Waals surface area contributed by atoms with Gasteiger partial charge in [-0.2, -0.15) is 0 Å². The Morgan fingerprint density at radius 2 is 1.71 bits per heavy atom. The Balaban J connectivity index is 1.89. The van der Waals surface area contributed by atoms with E-state index in [0.717, 1.165) is 16.1 Å². The predicted molar refractivity (Wildman–Crippen MR) is 108 cm³/mol. The number of rotatable bonds is 6. The number of nitrogens with one attached hydrogen (secondary N) is 1. The van der Waals surface area contributed by atoms with Crippen LogP contribution < -0.4 is 20.5 Å². The quantitative estimate of drug-likeness (QED) is 0.663. The molecule has 0 saturated heterocycles. The van der Waals surface area contributed by atoms with Crippen molar-refractivity contribution in [3.05, 3.63) is 58.6 Å². The van der Waals surface area contributed by atoms with Crippen LogP contribution in [0.1, 0.15) is 26.4 Å². The van der Waals surface area contributed by atoms with Crippen molar-refractivity contribution in [3.63, 3.8) is 0 Å². The summed E-state index contributed by atoms with van der Waals surface area (Å²) in [5.74, 6) is -0.453. The van der Waals surface area contributed by atoms with Crippen LogP contribution in [-0.4, -0.2) is 31.0 Å². The van der Waals surface area contributed by atoms with E-state index in [0.29, 0.717) is 11.5 Å². The number of aromatic nitrogens is 1. The maximum atomic E-state index is 12.7. The van der Waals surface area contributed by atoms with Crippen molar-refractivity contribution in [1.82, 2.24) is 4.98 Å². The molecule has 0 aliphatic carbocycles. The number of hydrogen-bond acceptors (Lipinski definition) is 6. The van der Waals surface area contributed by atoms with Crippen LogP contribution in [0, 0.1) is 6.92 Å². The van der Waals surface area contributed by atoms with E-state index < -0.39 is 11.8 Å². The molecule has 0 bridgehead atoms. The van der Waals surface area contributed by atoms with Crippen molar-refractivity contribution >= 4 is 28.8 Å². The summed E-state index contributed by atoms with van der Waals surface area (Å²) in [5.41, 5.74) is 8.08. The van der Waals surface area contributed by atoms with Crippen LogP contribution in [0.5, 0.6) is 11.5 Å². The third-order valence-electron chi connectivity index (χ3n) is 4.07. The van der Waals surface area contributed by atoms with E-state index in [1.165, 1.54) is 37.7 Å². The van der Waals surface area contributed by atoms with Crippen LogP contribution in [0.3, 0.4) is 0 Å². The number of thiazole rings is 1. The molecule has 3 aromatic rings. The van der Waals surface area contributed by atoms with E-state index in [9.17, 15) is 9.59 Å². The minimum absolute atomic E-state index is 0.111. The number of benzene rings is 2. The molecule has 1 heterocycles. The maximum absolute atomic E-state index is 12.7. The molecule has 0 radical (unpaired) electrons. The highest BCUT2D eigenvalue weighted by Gasteiger charge is 2.19. The highest BCUT2D eigenvalue weighted by Crippen LogP contribution is 2.33. The summed E-state index contributed by atoms with van der Waals surface area (Å²) in [4.78, 5) is 28.8. The molecular weight excluding hydrogens is 378 g/mol. The van der Waals surface area contributed by atoms with Crippen molar-refractivity contribution in [2.24, 2.45) is 5.73 Å². The Hall–Kier alpha value is -3.39. The number of amides is 2. The zero-order valence-corrected chi connectivity index (χ0v) is 16.4. The number of anilines is 1. The fourth-order valence-corrected chi connectivity index (χ4v) is 3.39. The van der Waals surface area contributed by atoms with Crippen LogP contribution in [0.15, 0.2) is 41.8 Å². The second-order valence-corrected chi connectivity index (χ2v) is 6.83. The summed E-state index contributed by atoms with van der Waals surface area (Å²) < 4.78 is 10.4. The van der Waals surface area contributed by atoms with Crippen molar-refractivity contribution in [1.29, 1.82) is 0 Å². The van der Waals surface area contributed by atoms with Crippen LogP contribution >= 0.6 is 11.3 Å². The lowest BCUT2D eigenvalue weighted by Gasteiger charge is -2.13. The third kappa shape index (κ3) is 3.96. The van der Waals surface area contributed by atoms with Gasteiger partial charge in [0.2, 0.25) is 0 Å². The van der Waals surface area contributed by atoms with Gasteiger partial charge in [-0.15, -0.1) is 11.3 Å². The molecule has 0 aliphatic heterocycles. The van der Waals surface area contributed by atoms with Crippen molar-refractivity contribution in [3.8, 4) is 22.1 Å². The minimum Gasteiger partial charge on any atom is -0.493 e. The van der Waals surface area contributed by atoms with Crippen LogP contribution in [0.25, 0.3) is 10.6 Å². The molecular formula is C20H19N3O4S. The standard InChI is InChI=1S/C20H19N3O4S/c1-11-4-6-12(7-5-11)20-23-15(10-28-20)19(25)22-14-9-17(27-3)16(26-2)8-13(14)18(21)24/h4-10H,1-3H3,(H2,21,24)(H,22,25). The molecule has 3 rings (SSSR count). The Bertz CT molecular complexity index is 1030. The summed E-state index contributed by atoms with van der Waals surface area (Å²) in [6, 6.07) is 10.8. The smallest absolute Gasteiger partial charge is 0.275 e. The van der Waals surface area contributed by atoms with E-state index in [2.05, 4.69) is 10.3 Å². The van der Waals surface area contributed by atoms with Gasteiger partial charge < -0.3 is 20.5 Å². The number of nitrogens with two attached hydrogens (primary N) is 1. The summed E-state index contributed by atoms with van der Waals surface area (Å²) in [6.45, 7) is 2.00. The zero-order chi connectivity index (χ0) is 20.3. The van der Waals surface area contributed by atoms with Crippen molar-refractivity contribution in [2.45, 2.75) is 6.92 Å². The maximum Gasteiger partial charge on any atom is 0.275 e. The van der Waals surface area contributed by atoms with Crippen LogP contribution in [0.4, 0.5) is 5.69 Å². The molecule has 144 valence electrons. The fourth-order valence-electron chi connectivity index (χ4n) is 2.58.